The molecule has 114 valence electrons. The summed E-state index contributed by atoms with van der Waals surface area (Å²) in [5.41, 5.74) is 0.195. The first-order valence-corrected chi connectivity index (χ1v) is 7.76. The first-order chi connectivity index (χ1) is 10.2. The number of nitrogens with zero attached hydrogens (tertiary/aromatic N) is 1. The molecule has 2 unspecified atom stereocenters. The molecule has 1 saturated heterocycles. The van der Waals surface area contributed by atoms with Crippen molar-refractivity contribution in [3.63, 3.8) is 0 Å². The van der Waals surface area contributed by atoms with Crippen molar-refractivity contribution in [3.05, 3.63) is 35.6 Å². The van der Waals surface area contributed by atoms with Crippen LogP contribution in [-0.2, 0) is 4.79 Å². The monoisotopic (exact) mass is 291 g/mol. The van der Waals surface area contributed by atoms with Gasteiger partial charge < -0.3 is 9.90 Å². The molecule has 21 heavy (non-hydrogen) atoms. The van der Waals surface area contributed by atoms with Crippen molar-refractivity contribution in [2.45, 2.75) is 31.7 Å². The Morgan fingerprint density at radius 3 is 2.81 bits per heavy atom. The van der Waals surface area contributed by atoms with Gasteiger partial charge in [0.05, 0.1) is 0 Å². The lowest BCUT2D eigenvalue weighted by Crippen LogP contribution is -2.43. The quantitative estimate of drug-likeness (QED) is 0.848. The van der Waals surface area contributed by atoms with Gasteiger partial charge in [0.1, 0.15) is 12.1 Å². The van der Waals surface area contributed by atoms with Crippen LogP contribution in [0, 0.1) is 17.2 Å². The van der Waals surface area contributed by atoms with Crippen LogP contribution in [-0.4, -0.2) is 36.0 Å². The van der Waals surface area contributed by atoms with Gasteiger partial charge in [-0.05, 0) is 44.2 Å². The highest BCUT2D eigenvalue weighted by molar-refractivity contribution is 5.66. The molecule has 1 N–H and O–H groups in total. The molecule has 0 bridgehead atoms. The van der Waals surface area contributed by atoms with E-state index in [0.29, 0.717) is 5.56 Å². The Morgan fingerprint density at radius 2 is 2.19 bits per heavy atom. The number of aldehydes is 1. The van der Waals surface area contributed by atoms with Crippen LogP contribution >= 0.6 is 0 Å². The summed E-state index contributed by atoms with van der Waals surface area (Å²) < 4.78 is 14.3. The Balaban J connectivity index is 1.94. The van der Waals surface area contributed by atoms with Crippen molar-refractivity contribution in [1.29, 1.82) is 0 Å². The second-order valence-electron chi connectivity index (χ2n) is 6.46. The fraction of sp³-hybridized carbons (Fsp3) is 0.588. The van der Waals surface area contributed by atoms with Gasteiger partial charge in [0.25, 0.3) is 0 Å². The van der Waals surface area contributed by atoms with E-state index in [2.05, 4.69) is 4.90 Å². The standard InChI is InChI=1S/C17H22FNO2/c18-15-6-2-1-5-14(15)16(17(12-21)7-8-17)19-9-3-4-13(10-19)11-20/h1-2,5-6,12-13,16,20H,3-4,7-11H2. The van der Waals surface area contributed by atoms with Crippen LogP contribution in [0.15, 0.2) is 24.3 Å². The summed E-state index contributed by atoms with van der Waals surface area (Å²) >= 11 is 0. The topological polar surface area (TPSA) is 40.5 Å². The predicted octanol–water partition coefficient (Wildman–Crippen LogP) is 2.55. The van der Waals surface area contributed by atoms with Crippen molar-refractivity contribution in [2.24, 2.45) is 11.3 Å². The average molecular weight is 291 g/mol. The molecule has 3 rings (SSSR count). The van der Waals surface area contributed by atoms with Crippen LogP contribution in [0.2, 0.25) is 0 Å². The molecule has 2 atom stereocenters. The molecule has 2 fully saturated rings. The van der Waals surface area contributed by atoms with Crippen molar-refractivity contribution in [2.75, 3.05) is 19.7 Å². The summed E-state index contributed by atoms with van der Waals surface area (Å²) in [6, 6.07) is 6.59. The van der Waals surface area contributed by atoms with E-state index in [-0.39, 0.29) is 24.4 Å². The van der Waals surface area contributed by atoms with Crippen molar-refractivity contribution < 1.29 is 14.3 Å². The Kier molecular flexibility index (Phi) is 4.09. The molecule has 1 heterocycles. The van der Waals surface area contributed by atoms with Crippen LogP contribution in [0.3, 0.4) is 0 Å². The summed E-state index contributed by atoms with van der Waals surface area (Å²) in [7, 11) is 0. The minimum atomic E-state index is -0.431. The van der Waals surface area contributed by atoms with E-state index in [1.54, 1.807) is 12.1 Å². The Hall–Kier alpha value is -1.26. The molecule has 0 spiro atoms. The highest BCUT2D eigenvalue weighted by atomic mass is 19.1. The number of likely N-dealkylation sites (tertiary alicyclic amines) is 1. The summed E-state index contributed by atoms with van der Waals surface area (Å²) in [5, 5.41) is 9.42. The Bertz CT molecular complexity index is 515. The highest BCUT2D eigenvalue weighted by Gasteiger charge is 2.53. The van der Waals surface area contributed by atoms with Crippen molar-refractivity contribution in [1.82, 2.24) is 4.90 Å². The third-order valence-electron chi connectivity index (χ3n) is 4.98. The van der Waals surface area contributed by atoms with Crippen molar-refractivity contribution >= 4 is 6.29 Å². The van der Waals surface area contributed by atoms with Gasteiger partial charge in [-0.25, -0.2) is 4.39 Å². The number of rotatable bonds is 5. The number of carbonyl (C=O) groups excluding carboxylic acids is 1. The Labute approximate surface area is 124 Å². The second kappa shape index (κ2) is 5.85. The van der Waals surface area contributed by atoms with Crippen LogP contribution in [0.25, 0.3) is 0 Å². The number of hydrogen-bond acceptors (Lipinski definition) is 3. The van der Waals surface area contributed by atoms with E-state index >= 15 is 0 Å². The van der Waals surface area contributed by atoms with Gasteiger partial charge in [0, 0.05) is 30.2 Å². The summed E-state index contributed by atoms with van der Waals surface area (Å²) in [6.07, 6.45) is 4.68. The zero-order valence-electron chi connectivity index (χ0n) is 12.2. The van der Waals surface area contributed by atoms with Crippen LogP contribution in [0.1, 0.15) is 37.3 Å². The van der Waals surface area contributed by atoms with E-state index < -0.39 is 5.41 Å². The SMILES string of the molecule is O=CC1(C(c2ccccc2F)N2CCCC(CO)C2)CC1. The summed E-state index contributed by atoms with van der Waals surface area (Å²) in [4.78, 5) is 13.8. The molecule has 2 aliphatic rings. The van der Waals surface area contributed by atoms with Gasteiger partial charge in [-0.15, -0.1) is 0 Å². The molecule has 0 amide bonds. The number of aliphatic hydroxyl groups excluding tert-OH is 1. The normalized spacial score (nSPS) is 26.3. The van der Waals surface area contributed by atoms with E-state index in [0.717, 1.165) is 45.1 Å². The molecule has 1 aliphatic carbocycles. The molecule has 4 heteroatoms. The minimum absolute atomic E-state index is 0.161. The molecular formula is C17H22FNO2. The largest absolute Gasteiger partial charge is 0.396 e. The maximum absolute atomic E-state index is 14.3. The summed E-state index contributed by atoms with van der Waals surface area (Å²) in [6.45, 7) is 1.77. The van der Waals surface area contributed by atoms with Gasteiger partial charge in [-0.3, -0.25) is 4.90 Å². The van der Waals surface area contributed by atoms with Gasteiger partial charge in [0.15, 0.2) is 0 Å². The van der Waals surface area contributed by atoms with Crippen LogP contribution in [0.4, 0.5) is 4.39 Å². The number of carbonyl (C=O) groups is 1. The third-order valence-corrected chi connectivity index (χ3v) is 4.98. The maximum Gasteiger partial charge on any atom is 0.128 e. The lowest BCUT2D eigenvalue weighted by atomic mass is 9.86. The number of halogens is 1. The molecule has 1 saturated carbocycles. The zero-order valence-corrected chi connectivity index (χ0v) is 12.2. The zero-order chi connectivity index (χ0) is 14.9. The second-order valence-corrected chi connectivity index (χ2v) is 6.46. The van der Waals surface area contributed by atoms with E-state index in [1.165, 1.54) is 6.07 Å². The number of hydrogen-bond donors (Lipinski definition) is 1. The summed E-state index contributed by atoms with van der Waals surface area (Å²) in [5.74, 6) is -0.00257. The van der Waals surface area contributed by atoms with E-state index in [9.17, 15) is 14.3 Å². The third kappa shape index (κ3) is 2.74. The Morgan fingerprint density at radius 1 is 1.43 bits per heavy atom. The maximum atomic E-state index is 14.3. The molecule has 0 aromatic heterocycles. The fourth-order valence-corrected chi connectivity index (χ4v) is 3.65. The van der Waals surface area contributed by atoms with Gasteiger partial charge in [-0.1, -0.05) is 18.2 Å². The first kappa shape index (κ1) is 14.7. The number of piperidine rings is 1. The lowest BCUT2D eigenvalue weighted by Gasteiger charge is -2.40. The lowest BCUT2D eigenvalue weighted by molar-refractivity contribution is -0.115. The molecule has 1 aromatic rings. The number of benzene rings is 1. The molecule has 1 aliphatic heterocycles. The number of aliphatic hydroxyl groups is 1. The predicted molar refractivity (Wildman–Crippen MR) is 78.3 cm³/mol. The van der Waals surface area contributed by atoms with Crippen LogP contribution in [0.5, 0.6) is 0 Å². The molecular weight excluding hydrogens is 269 g/mol. The first-order valence-electron chi connectivity index (χ1n) is 7.76. The van der Waals surface area contributed by atoms with Gasteiger partial charge >= 0.3 is 0 Å². The van der Waals surface area contributed by atoms with Gasteiger partial charge in [-0.2, -0.15) is 0 Å². The highest BCUT2D eigenvalue weighted by Crippen LogP contribution is 2.56. The fourth-order valence-electron chi connectivity index (χ4n) is 3.65. The van der Waals surface area contributed by atoms with Gasteiger partial charge in [0.2, 0.25) is 0 Å². The molecule has 1 aromatic carbocycles. The van der Waals surface area contributed by atoms with Crippen LogP contribution < -0.4 is 0 Å². The average Bonchev–Trinajstić information content (AvgIpc) is 3.31. The molecule has 0 radical (unpaired) electrons. The van der Waals surface area contributed by atoms with E-state index in [4.69, 9.17) is 0 Å². The minimum Gasteiger partial charge on any atom is -0.396 e. The van der Waals surface area contributed by atoms with E-state index in [1.807, 2.05) is 6.07 Å². The smallest absolute Gasteiger partial charge is 0.128 e. The van der Waals surface area contributed by atoms with Crippen molar-refractivity contribution in [3.8, 4) is 0 Å². The molecule has 3 nitrogen and oxygen atoms in total.